The van der Waals surface area contributed by atoms with Crippen molar-refractivity contribution in [3.8, 4) is 22.5 Å². The summed E-state index contributed by atoms with van der Waals surface area (Å²) in [5.41, 5.74) is 13.1. The van der Waals surface area contributed by atoms with Crippen molar-refractivity contribution in [3.63, 3.8) is 0 Å². The van der Waals surface area contributed by atoms with Crippen LogP contribution in [0.2, 0.25) is 10.3 Å². The summed E-state index contributed by atoms with van der Waals surface area (Å²) in [4.78, 5) is 43.4. The Morgan fingerprint density at radius 1 is 0.729 bits per heavy atom. The number of halogens is 2. The van der Waals surface area contributed by atoms with Gasteiger partial charge in [-0.05, 0) is 78.8 Å². The second kappa shape index (κ2) is 10.4. The highest BCUT2D eigenvalue weighted by Crippen LogP contribution is 2.46. The van der Waals surface area contributed by atoms with E-state index in [1.54, 1.807) is 0 Å². The standard InChI is InChI=1S/C20H21ClN4O.C16H15ClN4O/c21-15-5-14-12(6-22-15)3-4-13-16-18(24-17(13)14)20(8-23-19(16)26)9-25(10-20)7-11-1-2-11;17-11-3-10-8(4-19-11)1-2-9-12-14(21-13(9)10)16(5-18-6-16)7-20-15(12)22/h5-6,11,24H,1-4,7-10H2,(H,23,26);3-4,18,21H,1-2,5-7H2,(H,20,22). The molecule has 48 heavy (non-hydrogen) atoms. The third-order valence-corrected chi connectivity index (χ3v) is 12.2. The van der Waals surface area contributed by atoms with Crippen molar-refractivity contribution in [1.29, 1.82) is 0 Å². The molecule has 12 heteroatoms. The Kier molecular flexibility index (Phi) is 6.34. The van der Waals surface area contributed by atoms with Gasteiger partial charge in [0.05, 0.1) is 33.3 Å². The molecule has 0 atom stereocenters. The molecule has 1 saturated carbocycles. The van der Waals surface area contributed by atoms with Crippen molar-refractivity contribution >= 4 is 35.0 Å². The monoisotopic (exact) mass is 682 g/mol. The summed E-state index contributed by atoms with van der Waals surface area (Å²) in [5, 5.41) is 10.6. The average molecular weight is 684 g/mol. The molecule has 8 heterocycles. The van der Waals surface area contributed by atoms with Crippen molar-refractivity contribution in [3.05, 3.63) is 79.6 Å². The van der Waals surface area contributed by atoms with Crippen molar-refractivity contribution in [2.75, 3.05) is 45.8 Å². The predicted octanol–water partition coefficient (Wildman–Crippen LogP) is 3.95. The molecule has 0 aromatic carbocycles. The van der Waals surface area contributed by atoms with Crippen molar-refractivity contribution in [2.24, 2.45) is 5.92 Å². The zero-order chi connectivity index (χ0) is 32.4. The highest BCUT2D eigenvalue weighted by atomic mass is 35.5. The van der Waals surface area contributed by atoms with Crippen LogP contribution in [0.4, 0.5) is 0 Å². The maximum absolute atomic E-state index is 12.7. The smallest absolute Gasteiger partial charge is 0.253 e. The van der Waals surface area contributed by atoms with Gasteiger partial charge in [0.1, 0.15) is 10.3 Å². The molecule has 2 spiro atoms. The molecule has 4 aromatic heterocycles. The number of nitrogens with zero attached hydrogens (tertiary/aromatic N) is 3. The van der Waals surface area contributed by atoms with E-state index in [4.69, 9.17) is 23.2 Å². The number of rotatable bonds is 2. The summed E-state index contributed by atoms with van der Waals surface area (Å²) in [6, 6.07) is 3.84. The Balaban J connectivity index is 0.000000125. The first kappa shape index (κ1) is 29.2. The van der Waals surface area contributed by atoms with E-state index < -0.39 is 0 Å². The van der Waals surface area contributed by atoms with Gasteiger partial charge in [0.25, 0.3) is 11.8 Å². The van der Waals surface area contributed by atoms with Gasteiger partial charge in [-0.2, -0.15) is 0 Å². The minimum absolute atomic E-state index is 0.0254. The quantitative estimate of drug-likeness (QED) is 0.204. The van der Waals surface area contributed by atoms with Gasteiger partial charge in [-0.15, -0.1) is 0 Å². The molecule has 11 rings (SSSR count). The van der Waals surface area contributed by atoms with Crippen LogP contribution >= 0.6 is 23.2 Å². The van der Waals surface area contributed by atoms with Crippen LogP contribution in [0.1, 0.15) is 67.2 Å². The topological polar surface area (TPSA) is 131 Å². The number of likely N-dealkylation sites (tertiary alicyclic amines) is 1. The summed E-state index contributed by atoms with van der Waals surface area (Å²) in [7, 11) is 0. The third-order valence-electron chi connectivity index (χ3n) is 11.8. The number of aryl methyl sites for hydroxylation is 2. The van der Waals surface area contributed by atoms with E-state index in [2.05, 4.69) is 40.8 Å². The lowest BCUT2D eigenvalue weighted by atomic mass is 9.72. The van der Waals surface area contributed by atoms with Crippen molar-refractivity contribution in [2.45, 2.75) is 49.4 Å². The van der Waals surface area contributed by atoms with Gasteiger partial charge in [0.2, 0.25) is 0 Å². The Morgan fingerprint density at radius 3 is 1.75 bits per heavy atom. The van der Waals surface area contributed by atoms with E-state index >= 15 is 0 Å². The summed E-state index contributed by atoms with van der Waals surface area (Å²) in [6.07, 6.45) is 10.0. The first-order valence-corrected chi connectivity index (χ1v) is 17.9. The summed E-state index contributed by atoms with van der Waals surface area (Å²) < 4.78 is 0. The highest BCUT2D eigenvalue weighted by Gasteiger charge is 2.52. The van der Waals surface area contributed by atoms with Crippen molar-refractivity contribution in [1.82, 2.24) is 40.8 Å². The van der Waals surface area contributed by atoms with E-state index in [9.17, 15) is 9.59 Å². The van der Waals surface area contributed by atoms with E-state index in [0.29, 0.717) is 16.9 Å². The predicted molar refractivity (Wildman–Crippen MR) is 183 cm³/mol. The number of aromatic nitrogens is 4. The van der Waals surface area contributed by atoms with Gasteiger partial charge in [0, 0.05) is 80.7 Å². The van der Waals surface area contributed by atoms with Crippen LogP contribution in [-0.2, 0) is 36.5 Å². The third kappa shape index (κ3) is 4.32. The Labute approximate surface area is 287 Å². The van der Waals surface area contributed by atoms with Crippen LogP contribution in [-0.4, -0.2) is 82.5 Å². The van der Waals surface area contributed by atoms with E-state index in [-0.39, 0.29) is 22.6 Å². The van der Waals surface area contributed by atoms with Gasteiger partial charge in [-0.1, -0.05) is 23.2 Å². The maximum Gasteiger partial charge on any atom is 0.253 e. The molecule has 5 N–H and O–H groups in total. The number of carbonyl (C=O) groups excluding carboxylic acids is 2. The molecule has 3 fully saturated rings. The Hall–Kier alpha value is -3.70. The molecule has 0 unspecified atom stereocenters. The van der Waals surface area contributed by atoms with Gasteiger partial charge in [-0.25, -0.2) is 9.97 Å². The fourth-order valence-electron chi connectivity index (χ4n) is 9.09. The molecule has 2 amide bonds. The second-order valence-electron chi connectivity index (χ2n) is 14.9. The van der Waals surface area contributed by atoms with Crippen LogP contribution in [0.15, 0.2) is 24.5 Å². The van der Waals surface area contributed by atoms with Crippen LogP contribution < -0.4 is 16.0 Å². The van der Waals surface area contributed by atoms with Gasteiger partial charge in [-0.3, -0.25) is 9.59 Å². The lowest BCUT2D eigenvalue weighted by Crippen LogP contribution is -2.66. The zero-order valence-corrected chi connectivity index (χ0v) is 28.0. The SMILES string of the molecule is O=C1NCC2(CN(CC3CC3)C2)c2[nH]c3c(c21)CCc1cnc(Cl)cc1-3.O=C1NCC2(CNC2)c2[nH]c3c(c21)CCc1cnc(Cl)cc1-3. The van der Waals surface area contributed by atoms with Crippen LogP contribution in [0.3, 0.4) is 0 Å². The average Bonchev–Trinajstić information content (AvgIpc) is 3.62. The van der Waals surface area contributed by atoms with Gasteiger partial charge >= 0.3 is 0 Å². The van der Waals surface area contributed by atoms with Crippen LogP contribution in [0.5, 0.6) is 0 Å². The number of carbonyl (C=O) groups is 2. The molecular weight excluding hydrogens is 647 g/mol. The number of nitrogens with one attached hydrogen (secondary N) is 5. The molecule has 2 saturated heterocycles. The molecule has 4 aliphatic heterocycles. The minimum atomic E-state index is 0.0254. The number of hydrogen-bond acceptors (Lipinski definition) is 6. The number of hydrogen-bond donors (Lipinski definition) is 5. The Bertz CT molecular complexity index is 2050. The van der Waals surface area contributed by atoms with E-state index in [1.807, 2.05) is 24.5 Å². The molecule has 10 nitrogen and oxygen atoms in total. The molecule has 3 aliphatic carbocycles. The van der Waals surface area contributed by atoms with E-state index in [1.165, 1.54) is 30.5 Å². The lowest BCUT2D eigenvalue weighted by molar-refractivity contribution is 0.0481. The van der Waals surface area contributed by atoms with Gasteiger partial charge < -0.3 is 30.8 Å². The molecule has 0 bridgehead atoms. The number of H-pyrrole nitrogens is 2. The fraction of sp³-hybridized carbons (Fsp3) is 0.444. The fourth-order valence-corrected chi connectivity index (χ4v) is 9.40. The van der Waals surface area contributed by atoms with Crippen LogP contribution in [0, 0.1) is 5.92 Å². The number of pyridine rings is 2. The number of aromatic amines is 2. The normalized spacial score (nSPS) is 22.0. The molecule has 7 aliphatic rings. The molecule has 0 radical (unpaired) electrons. The first-order valence-electron chi connectivity index (χ1n) is 17.1. The zero-order valence-electron chi connectivity index (χ0n) is 26.5. The molecule has 246 valence electrons. The Morgan fingerprint density at radius 2 is 1.25 bits per heavy atom. The van der Waals surface area contributed by atoms with E-state index in [0.717, 1.165) is 120 Å². The summed E-state index contributed by atoms with van der Waals surface area (Å²) >= 11 is 12.2. The largest absolute Gasteiger partial charge is 0.357 e. The molecular formula is C36H36Cl2N8O2. The first-order chi connectivity index (χ1) is 23.3. The molecule has 4 aromatic rings. The highest BCUT2D eigenvalue weighted by molar-refractivity contribution is 6.30. The number of fused-ring (bicyclic) bond motifs is 12. The van der Waals surface area contributed by atoms with Gasteiger partial charge in [0.15, 0.2) is 0 Å². The number of amides is 2. The lowest BCUT2D eigenvalue weighted by Gasteiger charge is -2.52. The summed E-state index contributed by atoms with van der Waals surface area (Å²) in [5.74, 6) is 1.03. The minimum Gasteiger partial charge on any atom is -0.357 e. The van der Waals surface area contributed by atoms with Crippen molar-refractivity contribution < 1.29 is 9.59 Å². The maximum atomic E-state index is 12.7. The van der Waals surface area contributed by atoms with Crippen LogP contribution in [0.25, 0.3) is 22.5 Å². The summed E-state index contributed by atoms with van der Waals surface area (Å²) in [6.45, 7) is 6.56. The second-order valence-corrected chi connectivity index (χ2v) is 15.7.